The van der Waals surface area contributed by atoms with Crippen LogP contribution in [0.25, 0.3) is 0 Å². The van der Waals surface area contributed by atoms with Gasteiger partial charge in [-0.15, -0.1) is 0 Å². The van der Waals surface area contributed by atoms with Gasteiger partial charge in [-0.25, -0.2) is 0 Å². The normalized spacial score (nSPS) is 48.5. The van der Waals surface area contributed by atoms with Crippen LogP contribution < -0.4 is 5.32 Å². The second-order valence-corrected chi connectivity index (χ2v) is 16.2. The maximum Gasteiger partial charge on any atom is 0.312 e. The van der Waals surface area contributed by atoms with Crippen molar-refractivity contribution in [1.29, 1.82) is 0 Å². The number of aliphatic hydroxyl groups excluding tert-OH is 1. The zero-order valence-electron chi connectivity index (χ0n) is 27.1. The number of allylic oxidation sites excluding steroid dienone is 2. The molecule has 5 nitrogen and oxygen atoms in total. The van der Waals surface area contributed by atoms with Crippen molar-refractivity contribution in [2.75, 3.05) is 27.3 Å². The molecule has 5 aliphatic rings. The van der Waals surface area contributed by atoms with Gasteiger partial charge in [0.05, 0.1) is 31.3 Å². The van der Waals surface area contributed by atoms with E-state index in [2.05, 4.69) is 59.9 Å². The number of esters is 1. The lowest BCUT2D eigenvalue weighted by Crippen LogP contribution is -2.65. The average molecular weight is 558 g/mol. The van der Waals surface area contributed by atoms with E-state index in [0.717, 1.165) is 38.5 Å². The lowest BCUT2D eigenvalue weighted by molar-refractivity contribution is -0.216. The minimum Gasteiger partial charge on any atom is -0.469 e. The van der Waals surface area contributed by atoms with Crippen LogP contribution in [0.2, 0.25) is 0 Å². The van der Waals surface area contributed by atoms with E-state index in [4.69, 9.17) is 9.47 Å². The van der Waals surface area contributed by atoms with Crippen LogP contribution in [0.5, 0.6) is 0 Å². The fraction of sp³-hybridized carbons (Fsp3) is 0.914. The summed E-state index contributed by atoms with van der Waals surface area (Å²) in [6.45, 7) is 18.5. The second kappa shape index (κ2) is 10.4. The second-order valence-electron chi connectivity index (χ2n) is 16.2. The molecule has 5 heteroatoms. The lowest BCUT2D eigenvalue weighted by atomic mass is 9.33. The molecule has 0 amide bonds. The molecule has 2 N–H and O–H groups in total. The number of nitrogens with one attached hydrogen (secondary N) is 1. The van der Waals surface area contributed by atoms with Gasteiger partial charge in [-0.05, 0) is 116 Å². The maximum absolute atomic E-state index is 13.5. The molecule has 0 aliphatic heterocycles. The molecule has 4 saturated carbocycles. The van der Waals surface area contributed by atoms with Crippen molar-refractivity contribution >= 4 is 5.97 Å². The van der Waals surface area contributed by atoms with Crippen molar-refractivity contribution < 1.29 is 19.4 Å². The Bertz CT molecular complexity index is 1010. The number of likely N-dealkylation sites (N-methyl/N-ethyl adjacent to an activating group) is 1. The van der Waals surface area contributed by atoms with Crippen molar-refractivity contribution in [2.24, 2.45) is 56.7 Å². The molecule has 5 rings (SSSR count). The topological polar surface area (TPSA) is 67.8 Å². The van der Waals surface area contributed by atoms with Crippen LogP contribution >= 0.6 is 0 Å². The smallest absolute Gasteiger partial charge is 0.312 e. The molecule has 40 heavy (non-hydrogen) atoms. The third-order valence-corrected chi connectivity index (χ3v) is 14.4. The van der Waals surface area contributed by atoms with Gasteiger partial charge in [0.2, 0.25) is 0 Å². The molecule has 0 bridgehead atoms. The van der Waals surface area contributed by atoms with Crippen LogP contribution in [0.4, 0.5) is 0 Å². The first-order chi connectivity index (χ1) is 18.7. The van der Waals surface area contributed by atoms with Crippen LogP contribution in [-0.2, 0) is 14.3 Å². The summed E-state index contributed by atoms with van der Waals surface area (Å²) in [4.78, 5) is 13.5. The van der Waals surface area contributed by atoms with E-state index in [1.54, 1.807) is 12.7 Å². The number of carbonyl (C=O) groups excluding carboxylic acids is 1. The molecule has 0 aromatic carbocycles. The molecule has 0 aromatic rings. The monoisotopic (exact) mass is 557 g/mol. The Balaban J connectivity index is 1.48. The third kappa shape index (κ3) is 4.13. The van der Waals surface area contributed by atoms with Gasteiger partial charge in [0.15, 0.2) is 0 Å². The minimum absolute atomic E-state index is 0.0436. The zero-order chi connectivity index (χ0) is 29.3. The molecule has 228 valence electrons. The standard InChI is InChI=1S/C35H59NO4/c1-22-12-17-35(30(38)39-9)19-18-33(6)25(29(35)23(22)2)10-11-27-32(5)15-14-28(40-21-24(37)20-36-8)31(3,4)26(32)13-16-34(27,33)7/h10,22-24,26-29,36-37H,11-21H2,1-9H3/t22-,23+,24?,26?,27?,28+,29+,32+,33-,34-,35+/m1/s1. The number of hydrogen-bond acceptors (Lipinski definition) is 5. The Morgan fingerprint density at radius 2 is 1.75 bits per heavy atom. The van der Waals surface area contributed by atoms with Crippen molar-refractivity contribution in [3.8, 4) is 0 Å². The highest BCUT2D eigenvalue weighted by molar-refractivity contribution is 5.78. The third-order valence-electron chi connectivity index (χ3n) is 14.4. The van der Waals surface area contributed by atoms with Crippen LogP contribution in [0, 0.1) is 56.7 Å². The van der Waals surface area contributed by atoms with Crippen molar-refractivity contribution in [1.82, 2.24) is 5.32 Å². The molecule has 11 atom stereocenters. The predicted molar refractivity (Wildman–Crippen MR) is 161 cm³/mol. The number of ether oxygens (including phenoxy) is 2. The molecule has 4 fully saturated rings. The Kier molecular flexibility index (Phi) is 7.92. The van der Waals surface area contributed by atoms with E-state index >= 15 is 0 Å². The average Bonchev–Trinajstić information content (AvgIpc) is 2.90. The molecule has 0 saturated heterocycles. The van der Waals surface area contributed by atoms with Gasteiger partial charge in [-0.2, -0.15) is 0 Å². The summed E-state index contributed by atoms with van der Waals surface area (Å²) < 4.78 is 12.0. The number of methoxy groups -OCH3 is 1. The van der Waals surface area contributed by atoms with Crippen LogP contribution in [0.15, 0.2) is 11.6 Å². The van der Waals surface area contributed by atoms with E-state index in [0.29, 0.717) is 42.7 Å². The Morgan fingerprint density at radius 3 is 2.42 bits per heavy atom. The first-order valence-electron chi connectivity index (χ1n) is 16.5. The van der Waals surface area contributed by atoms with E-state index in [1.807, 2.05) is 7.05 Å². The summed E-state index contributed by atoms with van der Waals surface area (Å²) in [5.74, 6) is 2.70. The van der Waals surface area contributed by atoms with Gasteiger partial charge in [0, 0.05) is 6.54 Å². The Hall–Kier alpha value is -0.910. The number of carbonyl (C=O) groups is 1. The van der Waals surface area contributed by atoms with E-state index in [1.165, 1.54) is 19.3 Å². The Labute approximate surface area is 244 Å². The molecule has 0 heterocycles. The highest BCUT2D eigenvalue weighted by atomic mass is 16.5. The largest absolute Gasteiger partial charge is 0.469 e. The van der Waals surface area contributed by atoms with Crippen LogP contribution in [-0.4, -0.2) is 50.6 Å². The van der Waals surface area contributed by atoms with E-state index in [9.17, 15) is 9.90 Å². The van der Waals surface area contributed by atoms with Crippen molar-refractivity contribution in [3.05, 3.63) is 11.6 Å². The van der Waals surface area contributed by atoms with Gasteiger partial charge in [0.25, 0.3) is 0 Å². The summed E-state index contributed by atoms with van der Waals surface area (Å²) >= 11 is 0. The van der Waals surface area contributed by atoms with Gasteiger partial charge in [-0.3, -0.25) is 4.79 Å². The predicted octanol–water partition coefficient (Wildman–Crippen LogP) is 6.78. The first-order valence-corrected chi connectivity index (χ1v) is 16.5. The highest BCUT2D eigenvalue weighted by Crippen LogP contribution is 2.76. The molecule has 5 aliphatic carbocycles. The number of aliphatic hydroxyl groups is 1. The SMILES string of the molecule is CNCC(O)CO[C@H]1CC[C@@]2(C)C(CC[C@]3(C)C2CC=C2[C@@H]4[C@@H](C)[C@H](C)CC[C@]4(C(=O)OC)CC[C@]23C)C1(C)C. The van der Waals surface area contributed by atoms with Gasteiger partial charge < -0.3 is 19.9 Å². The molecule has 3 unspecified atom stereocenters. The summed E-state index contributed by atoms with van der Waals surface area (Å²) in [7, 11) is 3.47. The minimum atomic E-state index is -0.459. The maximum atomic E-state index is 13.5. The lowest BCUT2D eigenvalue weighted by Gasteiger charge is -2.71. The molecular formula is C35H59NO4. The first kappa shape index (κ1) is 30.5. The highest BCUT2D eigenvalue weighted by Gasteiger charge is 2.69. The van der Waals surface area contributed by atoms with E-state index in [-0.39, 0.29) is 39.1 Å². The van der Waals surface area contributed by atoms with Gasteiger partial charge >= 0.3 is 5.97 Å². The van der Waals surface area contributed by atoms with Gasteiger partial charge in [0.1, 0.15) is 0 Å². The molecular weight excluding hydrogens is 498 g/mol. The number of rotatable bonds is 6. The quantitative estimate of drug-likeness (QED) is 0.278. The fourth-order valence-corrected chi connectivity index (χ4v) is 11.8. The zero-order valence-corrected chi connectivity index (χ0v) is 27.1. The molecule has 0 aromatic heterocycles. The van der Waals surface area contributed by atoms with E-state index < -0.39 is 6.10 Å². The van der Waals surface area contributed by atoms with Crippen LogP contribution in [0.1, 0.15) is 106 Å². The number of fused-ring (bicyclic) bond motifs is 7. The summed E-state index contributed by atoms with van der Waals surface area (Å²) in [6, 6.07) is 0. The summed E-state index contributed by atoms with van der Waals surface area (Å²) in [6.07, 6.45) is 12.4. The van der Waals surface area contributed by atoms with Crippen molar-refractivity contribution in [2.45, 2.75) is 118 Å². The van der Waals surface area contributed by atoms with Crippen LogP contribution in [0.3, 0.4) is 0 Å². The number of hydrogen-bond donors (Lipinski definition) is 2. The Morgan fingerprint density at radius 1 is 1.02 bits per heavy atom. The fourth-order valence-electron chi connectivity index (χ4n) is 11.8. The molecule has 0 radical (unpaired) electrons. The van der Waals surface area contributed by atoms with Gasteiger partial charge in [-0.1, -0.05) is 60.1 Å². The summed E-state index contributed by atoms with van der Waals surface area (Å²) in [5, 5.41) is 13.4. The summed E-state index contributed by atoms with van der Waals surface area (Å²) in [5.41, 5.74) is 1.93. The molecule has 0 spiro atoms. The van der Waals surface area contributed by atoms with Crippen molar-refractivity contribution in [3.63, 3.8) is 0 Å².